The molecule has 1 aromatic rings. The summed E-state index contributed by atoms with van der Waals surface area (Å²) in [7, 11) is 0. The molecule has 84 valence electrons. The normalized spacial score (nSPS) is 19.8. The van der Waals surface area contributed by atoms with Gasteiger partial charge in [0.1, 0.15) is 6.07 Å². The zero-order chi connectivity index (χ0) is 11.5. The van der Waals surface area contributed by atoms with Gasteiger partial charge in [0.15, 0.2) is 0 Å². The quantitative estimate of drug-likeness (QED) is 0.903. The second-order valence-corrected chi connectivity index (χ2v) is 4.97. The van der Waals surface area contributed by atoms with Crippen LogP contribution in [0, 0.1) is 17.2 Å². The van der Waals surface area contributed by atoms with E-state index in [4.69, 9.17) is 10.4 Å². The number of hydrogen-bond donors (Lipinski definition) is 1. The zero-order valence-corrected chi connectivity index (χ0v) is 10.4. The molecule has 1 N–H and O–H groups in total. The van der Waals surface area contributed by atoms with Gasteiger partial charge in [-0.25, -0.2) is 0 Å². The average Bonchev–Trinajstić information content (AvgIpc) is 2.77. The maximum atomic E-state index is 9.11. The average molecular weight is 281 g/mol. The summed E-state index contributed by atoms with van der Waals surface area (Å²) in [6, 6.07) is 7.88. The van der Waals surface area contributed by atoms with Crippen LogP contribution in [0.2, 0.25) is 0 Å². The van der Waals surface area contributed by atoms with E-state index in [1.165, 1.54) is 0 Å². The van der Waals surface area contributed by atoms with Crippen molar-refractivity contribution in [3.63, 3.8) is 0 Å². The van der Waals surface area contributed by atoms with Crippen LogP contribution in [-0.4, -0.2) is 24.8 Å². The lowest BCUT2D eigenvalue weighted by Crippen LogP contribution is -2.21. The first-order chi connectivity index (χ1) is 7.74. The number of nitriles is 1. The lowest BCUT2D eigenvalue weighted by molar-refractivity contribution is 0.238. The molecular weight excluding hydrogens is 268 g/mol. The molecule has 3 nitrogen and oxygen atoms in total. The lowest BCUT2D eigenvalue weighted by atomic mass is 10.1. The highest BCUT2D eigenvalue weighted by Gasteiger charge is 2.23. The topological polar surface area (TPSA) is 47.3 Å². The Morgan fingerprint density at radius 1 is 1.56 bits per heavy atom. The third-order valence-corrected chi connectivity index (χ3v) is 3.46. The van der Waals surface area contributed by atoms with Crippen LogP contribution in [0.3, 0.4) is 0 Å². The molecule has 1 aliphatic heterocycles. The number of anilines is 1. The SMILES string of the molecule is N#Cc1ccc(Br)cc1N1CCC(CO)C1. The molecular formula is C12H13BrN2O. The van der Waals surface area contributed by atoms with Crippen molar-refractivity contribution in [1.82, 2.24) is 0 Å². The fourth-order valence-electron chi connectivity index (χ4n) is 2.06. The maximum Gasteiger partial charge on any atom is 0.101 e. The predicted octanol–water partition coefficient (Wildman–Crippen LogP) is 2.14. The van der Waals surface area contributed by atoms with E-state index in [2.05, 4.69) is 26.9 Å². The molecule has 0 saturated carbocycles. The smallest absolute Gasteiger partial charge is 0.101 e. The second-order valence-electron chi connectivity index (χ2n) is 4.06. The van der Waals surface area contributed by atoms with Gasteiger partial charge in [-0.3, -0.25) is 0 Å². The third-order valence-electron chi connectivity index (χ3n) is 2.96. The Kier molecular flexibility index (Phi) is 3.47. The molecule has 0 spiro atoms. The second kappa shape index (κ2) is 4.86. The van der Waals surface area contributed by atoms with Gasteiger partial charge in [0.25, 0.3) is 0 Å². The molecule has 0 bridgehead atoms. The number of benzene rings is 1. The third kappa shape index (κ3) is 2.21. The van der Waals surface area contributed by atoms with Gasteiger partial charge in [0.2, 0.25) is 0 Å². The molecule has 1 atom stereocenters. The Balaban J connectivity index is 2.27. The fraction of sp³-hybridized carbons (Fsp3) is 0.417. The van der Waals surface area contributed by atoms with Crippen molar-refractivity contribution in [2.45, 2.75) is 6.42 Å². The molecule has 1 heterocycles. The monoisotopic (exact) mass is 280 g/mol. The van der Waals surface area contributed by atoms with Gasteiger partial charge in [0.05, 0.1) is 11.3 Å². The van der Waals surface area contributed by atoms with Gasteiger partial charge in [-0.2, -0.15) is 5.26 Å². The number of hydrogen-bond acceptors (Lipinski definition) is 3. The highest BCUT2D eigenvalue weighted by molar-refractivity contribution is 9.10. The first kappa shape index (κ1) is 11.4. The van der Waals surface area contributed by atoms with Crippen LogP contribution in [-0.2, 0) is 0 Å². The summed E-state index contributed by atoms with van der Waals surface area (Å²) in [6.45, 7) is 1.98. The van der Waals surface area contributed by atoms with E-state index in [-0.39, 0.29) is 6.61 Å². The zero-order valence-electron chi connectivity index (χ0n) is 8.86. The van der Waals surface area contributed by atoms with Crippen LogP contribution >= 0.6 is 15.9 Å². The van der Waals surface area contributed by atoms with Crippen molar-refractivity contribution in [3.8, 4) is 6.07 Å². The molecule has 16 heavy (non-hydrogen) atoms. The molecule has 4 heteroatoms. The Labute approximate surface area is 103 Å². The summed E-state index contributed by atoms with van der Waals surface area (Å²) in [5.74, 6) is 0.338. The van der Waals surface area contributed by atoms with E-state index >= 15 is 0 Å². The van der Waals surface area contributed by atoms with Gasteiger partial charge in [-0.15, -0.1) is 0 Å². The van der Waals surface area contributed by atoms with Crippen LogP contribution in [0.1, 0.15) is 12.0 Å². The Morgan fingerprint density at radius 3 is 3.00 bits per heavy atom. The van der Waals surface area contributed by atoms with Crippen molar-refractivity contribution in [3.05, 3.63) is 28.2 Å². The number of nitrogens with zero attached hydrogens (tertiary/aromatic N) is 2. The molecule has 0 radical (unpaired) electrons. The molecule has 0 aliphatic carbocycles. The molecule has 2 rings (SSSR count). The Bertz CT molecular complexity index is 428. The van der Waals surface area contributed by atoms with Crippen LogP contribution in [0.15, 0.2) is 22.7 Å². The number of rotatable bonds is 2. The van der Waals surface area contributed by atoms with Crippen LogP contribution in [0.25, 0.3) is 0 Å². The Hall–Kier alpha value is -1.05. The summed E-state index contributed by atoms with van der Waals surface area (Å²) in [4.78, 5) is 2.17. The van der Waals surface area contributed by atoms with Gasteiger partial charge >= 0.3 is 0 Å². The molecule has 1 unspecified atom stereocenters. The van der Waals surface area contributed by atoms with Crippen molar-refractivity contribution in [2.75, 3.05) is 24.6 Å². The van der Waals surface area contributed by atoms with Crippen molar-refractivity contribution in [2.24, 2.45) is 5.92 Å². The fourth-order valence-corrected chi connectivity index (χ4v) is 2.41. The van der Waals surface area contributed by atoms with E-state index in [1.807, 2.05) is 18.2 Å². The molecule has 1 saturated heterocycles. The minimum absolute atomic E-state index is 0.229. The minimum atomic E-state index is 0.229. The van der Waals surface area contributed by atoms with Crippen molar-refractivity contribution >= 4 is 21.6 Å². The van der Waals surface area contributed by atoms with Crippen LogP contribution in [0.4, 0.5) is 5.69 Å². The summed E-state index contributed by atoms with van der Waals surface area (Å²) in [5.41, 5.74) is 1.66. The predicted molar refractivity (Wildman–Crippen MR) is 66.3 cm³/mol. The van der Waals surface area contributed by atoms with E-state index in [0.29, 0.717) is 11.5 Å². The van der Waals surface area contributed by atoms with E-state index in [9.17, 15) is 0 Å². The lowest BCUT2D eigenvalue weighted by Gasteiger charge is -2.20. The molecule has 1 fully saturated rings. The van der Waals surface area contributed by atoms with Crippen LogP contribution in [0.5, 0.6) is 0 Å². The van der Waals surface area contributed by atoms with Crippen molar-refractivity contribution < 1.29 is 5.11 Å². The highest BCUT2D eigenvalue weighted by atomic mass is 79.9. The number of aliphatic hydroxyl groups excluding tert-OH is 1. The first-order valence-electron chi connectivity index (χ1n) is 5.30. The summed E-state index contributed by atoms with van der Waals surface area (Å²) in [5, 5.41) is 18.2. The molecule has 0 amide bonds. The molecule has 0 aromatic heterocycles. The number of aliphatic hydroxyl groups is 1. The minimum Gasteiger partial charge on any atom is -0.396 e. The Morgan fingerprint density at radius 2 is 2.38 bits per heavy atom. The van der Waals surface area contributed by atoms with Gasteiger partial charge in [-0.1, -0.05) is 15.9 Å². The van der Waals surface area contributed by atoms with Gasteiger partial charge in [-0.05, 0) is 24.6 Å². The standard InChI is InChI=1S/C12H13BrN2O/c13-11-2-1-10(6-14)12(5-11)15-4-3-9(7-15)8-16/h1-2,5,9,16H,3-4,7-8H2. The summed E-state index contributed by atoms with van der Waals surface area (Å²) in [6.07, 6.45) is 0.994. The van der Waals surface area contributed by atoms with Gasteiger partial charge < -0.3 is 10.0 Å². The number of halogens is 1. The van der Waals surface area contributed by atoms with Gasteiger partial charge in [0, 0.05) is 30.1 Å². The molecule has 1 aliphatic rings. The molecule has 1 aromatic carbocycles. The highest BCUT2D eigenvalue weighted by Crippen LogP contribution is 2.29. The van der Waals surface area contributed by atoms with E-state index in [0.717, 1.165) is 29.7 Å². The van der Waals surface area contributed by atoms with Crippen LogP contribution < -0.4 is 4.90 Å². The summed E-state index contributed by atoms with van der Waals surface area (Å²) >= 11 is 3.42. The maximum absolute atomic E-state index is 9.11. The van der Waals surface area contributed by atoms with E-state index < -0.39 is 0 Å². The first-order valence-corrected chi connectivity index (χ1v) is 6.09. The van der Waals surface area contributed by atoms with E-state index in [1.54, 1.807) is 0 Å². The van der Waals surface area contributed by atoms with Crippen molar-refractivity contribution in [1.29, 1.82) is 5.26 Å². The summed E-state index contributed by atoms with van der Waals surface area (Å²) < 4.78 is 0.981. The largest absolute Gasteiger partial charge is 0.396 e.